The van der Waals surface area contributed by atoms with Crippen molar-refractivity contribution >= 4 is 5.91 Å². The summed E-state index contributed by atoms with van der Waals surface area (Å²) in [5.41, 5.74) is 0.0728. The molecule has 0 spiro atoms. The molecule has 2 N–H and O–H groups in total. The van der Waals surface area contributed by atoms with E-state index in [2.05, 4.69) is 17.6 Å². The second kappa shape index (κ2) is 7.44. The number of carbonyl (C=O) groups excluding carboxylic acids is 1. The summed E-state index contributed by atoms with van der Waals surface area (Å²) in [5.74, 6) is 1.85. The highest BCUT2D eigenvalue weighted by Crippen LogP contribution is 2.31. The van der Waals surface area contributed by atoms with E-state index in [1.807, 2.05) is 7.05 Å². The van der Waals surface area contributed by atoms with E-state index in [4.69, 9.17) is 0 Å². The fraction of sp³-hybridized carbons (Fsp3) is 0.941. The summed E-state index contributed by atoms with van der Waals surface area (Å²) in [4.78, 5) is 12.2. The predicted octanol–water partition coefficient (Wildman–Crippen LogP) is 3.24. The minimum Gasteiger partial charge on any atom is -0.356 e. The van der Waals surface area contributed by atoms with Gasteiger partial charge in [-0.25, -0.2) is 0 Å². The minimum absolute atomic E-state index is 0.0728. The number of rotatable bonds is 5. The third-order valence-corrected chi connectivity index (χ3v) is 5.56. The summed E-state index contributed by atoms with van der Waals surface area (Å²) in [6.45, 7) is 3.24. The molecule has 3 nitrogen and oxygen atoms in total. The number of carbonyl (C=O) groups is 1. The quantitative estimate of drug-likeness (QED) is 0.811. The van der Waals surface area contributed by atoms with E-state index >= 15 is 0 Å². The molecular weight excluding hydrogens is 248 g/mol. The van der Waals surface area contributed by atoms with Crippen LogP contribution in [0.25, 0.3) is 0 Å². The van der Waals surface area contributed by atoms with E-state index in [1.54, 1.807) is 0 Å². The zero-order chi connectivity index (χ0) is 14.4. The van der Waals surface area contributed by atoms with Gasteiger partial charge in [0.2, 0.25) is 5.91 Å². The molecule has 0 aromatic heterocycles. The van der Waals surface area contributed by atoms with Crippen LogP contribution in [0.2, 0.25) is 0 Å². The Morgan fingerprint density at radius 2 is 1.75 bits per heavy atom. The summed E-state index contributed by atoms with van der Waals surface area (Å²) in [6, 6.07) is 0. The smallest absolute Gasteiger partial charge is 0.221 e. The van der Waals surface area contributed by atoms with Gasteiger partial charge >= 0.3 is 0 Å². The maximum absolute atomic E-state index is 12.2. The predicted molar refractivity (Wildman–Crippen MR) is 83.6 cm³/mol. The summed E-state index contributed by atoms with van der Waals surface area (Å²) >= 11 is 0. The standard InChI is InChI=1S/C17H32N2O/c1-14-6-8-15(9-7-14)13-19-16(20)12-17(18-2)10-4-3-5-11-17/h14-15,18H,3-13H2,1-2H3,(H,19,20). The van der Waals surface area contributed by atoms with Gasteiger partial charge in [0.25, 0.3) is 0 Å². The first-order valence-electron chi connectivity index (χ1n) is 8.59. The first kappa shape index (κ1) is 15.8. The molecule has 0 radical (unpaired) electrons. The van der Waals surface area contributed by atoms with Crippen LogP contribution in [-0.2, 0) is 4.79 Å². The van der Waals surface area contributed by atoms with Gasteiger partial charge in [-0.3, -0.25) is 4.79 Å². The Hall–Kier alpha value is -0.570. The van der Waals surface area contributed by atoms with Crippen molar-refractivity contribution in [3.05, 3.63) is 0 Å². The molecule has 2 saturated carbocycles. The number of hydrogen-bond donors (Lipinski definition) is 2. The summed E-state index contributed by atoms with van der Waals surface area (Å²) in [7, 11) is 2.02. The Morgan fingerprint density at radius 3 is 2.35 bits per heavy atom. The molecule has 0 aliphatic heterocycles. The van der Waals surface area contributed by atoms with Crippen molar-refractivity contribution in [3.8, 4) is 0 Å². The maximum Gasteiger partial charge on any atom is 0.221 e. The van der Waals surface area contributed by atoms with Gasteiger partial charge < -0.3 is 10.6 Å². The highest BCUT2D eigenvalue weighted by molar-refractivity contribution is 5.77. The highest BCUT2D eigenvalue weighted by atomic mass is 16.1. The van der Waals surface area contributed by atoms with Gasteiger partial charge in [-0.15, -0.1) is 0 Å². The Morgan fingerprint density at radius 1 is 1.10 bits per heavy atom. The van der Waals surface area contributed by atoms with E-state index in [1.165, 1.54) is 44.9 Å². The van der Waals surface area contributed by atoms with Crippen LogP contribution in [0, 0.1) is 11.8 Å². The van der Waals surface area contributed by atoms with E-state index in [-0.39, 0.29) is 11.4 Å². The molecular formula is C17H32N2O. The van der Waals surface area contributed by atoms with Gasteiger partial charge in [0.1, 0.15) is 0 Å². The van der Waals surface area contributed by atoms with Gasteiger partial charge in [0, 0.05) is 18.5 Å². The lowest BCUT2D eigenvalue weighted by Gasteiger charge is -2.37. The lowest BCUT2D eigenvalue weighted by molar-refractivity contribution is -0.123. The molecule has 0 saturated heterocycles. The van der Waals surface area contributed by atoms with Crippen molar-refractivity contribution in [1.29, 1.82) is 0 Å². The van der Waals surface area contributed by atoms with E-state index in [0.717, 1.165) is 25.3 Å². The van der Waals surface area contributed by atoms with Crippen LogP contribution < -0.4 is 10.6 Å². The summed E-state index contributed by atoms with van der Waals surface area (Å²) < 4.78 is 0. The third kappa shape index (κ3) is 4.47. The molecule has 2 aliphatic rings. The monoisotopic (exact) mass is 280 g/mol. The van der Waals surface area contributed by atoms with Crippen molar-refractivity contribution in [2.45, 2.75) is 76.7 Å². The van der Waals surface area contributed by atoms with Gasteiger partial charge in [0.05, 0.1) is 0 Å². The Bertz CT molecular complexity index is 302. The van der Waals surface area contributed by atoms with Crippen LogP contribution in [0.4, 0.5) is 0 Å². The summed E-state index contributed by atoms with van der Waals surface area (Å²) in [5, 5.41) is 6.63. The molecule has 0 unspecified atom stereocenters. The van der Waals surface area contributed by atoms with Crippen LogP contribution >= 0.6 is 0 Å². The molecule has 2 fully saturated rings. The zero-order valence-electron chi connectivity index (χ0n) is 13.3. The Balaban J connectivity index is 1.71. The average molecular weight is 280 g/mol. The van der Waals surface area contributed by atoms with Crippen LogP contribution in [-0.4, -0.2) is 25.0 Å². The fourth-order valence-electron chi connectivity index (χ4n) is 3.90. The molecule has 116 valence electrons. The minimum atomic E-state index is 0.0728. The lowest BCUT2D eigenvalue weighted by Crippen LogP contribution is -2.48. The van der Waals surface area contributed by atoms with Crippen molar-refractivity contribution in [2.24, 2.45) is 11.8 Å². The van der Waals surface area contributed by atoms with Crippen molar-refractivity contribution < 1.29 is 4.79 Å². The largest absolute Gasteiger partial charge is 0.356 e. The molecule has 0 bridgehead atoms. The molecule has 0 atom stereocenters. The van der Waals surface area contributed by atoms with E-state index in [9.17, 15) is 4.79 Å². The van der Waals surface area contributed by atoms with Crippen molar-refractivity contribution in [3.63, 3.8) is 0 Å². The van der Waals surface area contributed by atoms with Crippen LogP contribution in [0.15, 0.2) is 0 Å². The molecule has 2 rings (SSSR count). The van der Waals surface area contributed by atoms with Crippen LogP contribution in [0.3, 0.4) is 0 Å². The molecule has 0 heterocycles. The first-order chi connectivity index (χ1) is 9.63. The van der Waals surface area contributed by atoms with Crippen molar-refractivity contribution in [2.75, 3.05) is 13.6 Å². The second-order valence-corrected chi connectivity index (χ2v) is 7.20. The van der Waals surface area contributed by atoms with E-state index in [0.29, 0.717) is 12.3 Å². The van der Waals surface area contributed by atoms with Crippen molar-refractivity contribution in [1.82, 2.24) is 10.6 Å². The van der Waals surface area contributed by atoms with Gasteiger partial charge in [-0.1, -0.05) is 39.0 Å². The molecule has 20 heavy (non-hydrogen) atoms. The molecule has 0 aromatic carbocycles. The second-order valence-electron chi connectivity index (χ2n) is 7.20. The normalized spacial score (nSPS) is 29.9. The van der Waals surface area contributed by atoms with Crippen LogP contribution in [0.5, 0.6) is 0 Å². The van der Waals surface area contributed by atoms with Gasteiger partial charge in [0.15, 0.2) is 0 Å². The highest BCUT2D eigenvalue weighted by Gasteiger charge is 2.32. The van der Waals surface area contributed by atoms with E-state index < -0.39 is 0 Å². The maximum atomic E-state index is 12.2. The number of nitrogens with one attached hydrogen (secondary N) is 2. The molecule has 2 aliphatic carbocycles. The molecule has 0 aromatic rings. The first-order valence-corrected chi connectivity index (χ1v) is 8.59. The molecule has 1 amide bonds. The van der Waals surface area contributed by atoms with Crippen LogP contribution in [0.1, 0.15) is 71.1 Å². The lowest BCUT2D eigenvalue weighted by atomic mass is 9.79. The molecule has 3 heteroatoms. The topological polar surface area (TPSA) is 41.1 Å². The van der Waals surface area contributed by atoms with Gasteiger partial charge in [-0.2, -0.15) is 0 Å². The average Bonchev–Trinajstić information content (AvgIpc) is 2.47. The Labute approximate surface area is 124 Å². The summed E-state index contributed by atoms with van der Waals surface area (Å²) in [6.07, 6.45) is 12.1. The Kier molecular flexibility index (Phi) is 5.88. The fourth-order valence-corrected chi connectivity index (χ4v) is 3.90. The number of amides is 1. The van der Waals surface area contributed by atoms with Gasteiger partial charge in [-0.05, 0) is 44.6 Å². The SMILES string of the molecule is CNC1(CC(=O)NCC2CCC(C)CC2)CCCCC1. The third-order valence-electron chi connectivity index (χ3n) is 5.56. The zero-order valence-corrected chi connectivity index (χ0v) is 13.3. The number of hydrogen-bond acceptors (Lipinski definition) is 2.